The quantitative estimate of drug-likeness (QED) is 0.864. The van der Waals surface area contributed by atoms with Gasteiger partial charge in [0.1, 0.15) is 5.82 Å². The zero-order chi connectivity index (χ0) is 12.4. The van der Waals surface area contributed by atoms with Crippen molar-refractivity contribution < 1.29 is 0 Å². The van der Waals surface area contributed by atoms with Gasteiger partial charge in [0.05, 0.1) is 0 Å². The molecule has 0 aliphatic carbocycles. The highest BCUT2D eigenvalue weighted by molar-refractivity contribution is 5.39. The maximum absolute atomic E-state index is 4.34. The fraction of sp³-hybridized carbons (Fsp3) is 0.267. The number of hydrogen-bond acceptors (Lipinski definition) is 3. The molecule has 1 aromatic carbocycles. The van der Waals surface area contributed by atoms with E-state index in [2.05, 4.69) is 39.9 Å². The average Bonchev–Trinajstić information content (AvgIpc) is 2.85. The van der Waals surface area contributed by atoms with Crippen molar-refractivity contribution in [2.45, 2.75) is 26.6 Å². The van der Waals surface area contributed by atoms with E-state index in [0.29, 0.717) is 0 Å². The summed E-state index contributed by atoms with van der Waals surface area (Å²) < 4.78 is 0. The standard InChI is InChI=1S/C15H17N3/c1-11-2-5-15(17-7-11)18-8-12-3-4-13-9-16-10-14(13)6-12/h2-7,16H,8-10H2,1H3,(H,17,18). The number of nitrogens with zero attached hydrogens (tertiary/aromatic N) is 1. The molecule has 3 rings (SSSR count). The van der Waals surface area contributed by atoms with E-state index in [4.69, 9.17) is 0 Å². The minimum absolute atomic E-state index is 0.823. The Labute approximate surface area is 107 Å². The summed E-state index contributed by atoms with van der Waals surface area (Å²) in [6.45, 7) is 4.86. The highest BCUT2D eigenvalue weighted by Crippen LogP contribution is 2.17. The van der Waals surface area contributed by atoms with E-state index in [-0.39, 0.29) is 0 Å². The van der Waals surface area contributed by atoms with Gasteiger partial charge in [0.15, 0.2) is 0 Å². The summed E-state index contributed by atoms with van der Waals surface area (Å²) >= 11 is 0. The first-order chi connectivity index (χ1) is 8.81. The molecule has 2 aromatic rings. The predicted octanol–water partition coefficient (Wildman–Crippen LogP) is 2.61. The lowest BCUT2D eigenvalue weighted by atomic mass is 10.1. The van der Waals surface area contributed by atoms with Gasteiger partial charge < -0.3 is 10.6 Å². The van der Waals surface area contributed by atoms with E-state index in [0.717, 1.165) is 25.5 Å². The number of pyridine rings is 1. The molecule has 0 saturated carbocycles. The van der Waals surface area contributed by atoms with Crippen molar-refractivity contribution in [3.63, 3.8) is 0 Å². The first-order valence-corrected chi connectivity index (χ1v) is 6.29. The summed E-state index contributed by atoms with van der Waals surface area (Å²) in [5, 5.41) is 6.71. The Morgan fingerprint density at radius 3 is 2.89 bits per heavy atom. The number of aromatic nitrogens is 1. The Bertz CT molecular complexity index is 546. The topological polar surface area (TPSA) is 37.0 Å². The minimum Gasteiger partial charge on any atom is -0.366 e. The molecule has 1 aliphatic rings. The summed E-state index contributed by atoms with van der Waals surface area (Å²) in [6, 6.07) is 10.8. The maximum atomic E-state index is 4.34. The number of anilines is 1. The molecule has 0 unspecified atom stereocenters. The molecule has 0 fully saturated rings. The lowest BCUT2D eigenvalue weighted by Gasteiger charge is -2.07. The number of benzene rings is 1. The second-order valence-corrected chi connectivity index (χ2v) is 4.78. The van der Waals surface area contributed by atoms with Crippen LogP contribution in [0.15, 0.2) is 36.5 Å². The zero-order valence-corrected chi connectivity index (χ0v) is 10.5. The number of nitrogens with one attached hydrogen (secondary N) is 2. The second-order valence-electron chi connectivity index (χ2n) is 4.78. The van der Waals surface area contributed by atoms with E-state index in [1.165, 1.54) is 22.3 Å². The van der Waals surface area contributed by atoms with Gasteiger partial charge in [-0.15, -0.1) is 0 Å². The van der Waals surface area contributed by atoms with Crippen LogP contribution < -0.4 is 10.6 Å². The van der Waals surface area contributed by atoms with Crippen molar-refractivity contribution in [3.05, 3.63) is 58.8 Å². The van der Waals surface area contributed by atoms with Crippen LogP contribution in [0.2, 0.25) is 0 Å². The van der Waals surface area contributed by atoms with Gasteiger partial charge in [-0.1, -0.05) is 24.3 Å². The molecule has 0 spiro atoms. The Balaban J connectivity index is 1.68. The van der Waals surface area contributed by atoms with Crippen LogP contribution in [-0.4, -0.2) is 4.98 Å². The summed E-state index contributed by atoms with van der Waals surface area (Å²) in [5.74, 6) is 0.930. The molecular weight excluding hydrogens is 222 g/mol. The molecule has 3 nitrogen and oxygen atoms in total. The Kier molecular flexibility index (Phi) is 2.99. The summed E-state index contributed by atoms with van der Waals surface area (Å²) in [5.41, 5.74) is 5.34. The smallest absolute Gasteiger partial charge is 0.126 e. The summed E-state index contributed by atoms with van der Waals surface area (Å²) in [6.07, 6.45) is 1.88. The normalized spacial score (nSPS) is 13.4. The van der Waals surface area contributed by atoms with E-state index < -0.39 is 0 Å². The van der Waals surface area contributed by atoms with Gasteiger partial charge in [0, 0.05) is 25.8 Å². The van der Waals surface area contributed by atoms with Crippen molar-refractivity contribution in [2.75, 3.05) is 5.32 Å². The van der Waals surface area contributed by atoms with Crippen LogP contribution in [0.25, 0.3) is 0 Å². The largest absolute Gasteiger partial charge is 0.366 e. The van der Waals surface area contributed by atoms with Crippen LogP contribution in [0.5, 0.6) is 0 Å². The van der Waals surface area contributed by atoms with Gasteiger partial charge in [-0.05, 0) is 35.2 Å². The Morgan fingerprint density at radius 1 is 1.17 bits per heavy atom. The number of hydrogen-bond donors (Lipinski definition) is 2. The monoisotopic (exact) mass is 239 g/mol. The van der Waals surface area contributed by atoms with Crippen molar-refractivity contribution in [1.29, 1.82) is 0 Å². The van der Waals surface area contributed by atoms with Gasteiger partial charge in [-0.3, -0.25) is 0 Å². The molecular formula is C15H17N3. The predicted molar refractivity (Wildman–Crippen MR) is 73.3 cm³/mol. The number of fused-ring (bicyclic) bond motifs is 1. The molecule has 0 bridgehead atoms. The van der Waals surface area contributed by atoms with Crippen molar-refractivity contribution >= 4 is 5.82 Å². The van der Waals surface area contributed by atoms with Crippen LogP contribution in [0.1, 0.15) is 22.3 Å². The second kappa shape index (κ2) is 4.78. The van der Waals surface area contributed by atoms with Gasteiger partial charge in [0.2, 0.25) is 0 Å². The van der Waals surface area contributed by atoms with Crippen molar-refractivity contribution in [1.82, 2.24) is 10.3 Å². The third kappa shape index (κ3) is 2.36. The average molecular weight is 239 g/mol. The molecule has 2 heterocycles. The van der Waals surface area contributed by atoms with Crippen LogP contribution in [0.3, 0.4) is 0 Å². The molecule has 1 aliphatic heterocycles. The summed E-state index contributed by atoms with van der Waals surface area (Å²) in [7, 11) is 0. The van der Waals surface area contributed by atoms with E-state index in [1.54, 1.807) is 0 Å². The molecule has 0 atom stereocenters. The Morgan fingerprint density at radius 2 is 2.06 bits per heavy atom. The maximum Gasteiger partial charge on any atom is 0.126 e. The Hall–Kier alpha value is -1.87. The van der Waals surface area contributed by atoms with Crippen molar-refractivity contribution in [2.24, 2.45) is 0 Å². The highest BCUT2D eigenvalue weighted by atomic mass is 15.0. The molecule has 18 heavy (non-hydrogen) atoms. The molecule has 92 valence electrons. The third-order valence-electron chi connectivity index (χ3n) is 3.29. The fourth-order valence-corrected chi connectivity index (χ4v) is 2.22. The van der Waals surface area contributed by atoms with E-state index >= 15 is 0 Å². The van der Waals surface area contributed by atoms with Gasteiger partial charge in [-0.25, -0.2) is 4.98 Å². The first-order valence-electron chi connectivity index (χ1n) is 6.29. The van der Waals surface area contributed by atoms with Crippen LogP contribution in [-0.2, 0) is 19.6 Å². The minimum atomic E-state index is 0.823. The highest BCUT2D eigenvalue weighted by Gasteiger charge is 2.09. The van der Waals surface area contributed by atoms with Gasteiger partial charge in [-0.2, -0.15) is 0 Å². The van der Waals surface area contributed by atoms with Crippen LogP contribution >= 0.6 is 0 Å². The molecule has 1 aromatic heterocycles. The van der Waals surface area contributed by atoms with Crippen molar-refractivity contribution in [3.8, 4) is 0 Å². The first kappa shape index (κ1) is 11.2. The lowest BCUT2D eigenvalue weighted by molar-refractivity contribution is 0.764. The third-order valence-corrected chi connectivity index (χ3v) is 3.29. The zero-order valence-electron chi connectivity index (χ0n) is 10.5. The molecule has 3 heteroatoms. The van der Waals surface area contributed by atoms with Gasteiger partial charge in [0.25, 0.3) is 0 Å². The lowest BCUT2D eigenvalue weighted by Crippen LogP contribution is -2.02. The molecule has 0 saturated heterocycles. The number of aryl methyl sites for hydroxylation is 1. The van der Waals surface area contributed by atoms with Crippen LogP contribution in [0, 0.1) is 6.92 Å². The fourth-order valence-electron chi connectivity index (χ4n) is 2.22. The SMILES string of the molecule is Cc1ccc(NCc2ccc3c(c2)CNC3)nc1. The van der Waals surface area contributed by atoms with Gasteiger partial charge >= 0.3 is 0 Å². The molecule has 0 amide bonds. The summed E-state index contributed by atoms with van der Waals surface area (Å²) in [4.78, 5) is 4.34. The van der Waals surface area contributed by atoms with E-state index in [1.807, 2.05) is 19.2 Å². The molecule has 2 N–H and O–H groups in total. The van der Waals surface area contributed by atoms with E-state index in [9.17, 15) is 0 Å². The molecule has 0 radical (unpaired) electrons. The van der Waals surface area contributed by atoms with Crippen LogP contribution in [0.4, 0.5) is 5.82 Å². The number of rotatable bonds is 3.